The summed E-state index contributed by atoms with van der Waals surface area (Å²) in [6, 6.07) is 0. The van der Waals surface area contributed by atoms with E-state index in [1.165, 1.54) is 0 Å². The van der Waals surface area contributed by atoms with Crippen molar-refractivity contribution < 1.29 is 9.47 Å². The van der Waals surface area contributed by atoms with Crippen LogP contribution in [0, 0.1) is 10.8 Å². The number of ether oxygens (including phenoxy) is 2. The first-order valence-corrected chi connectivity index (χ1v) is 4.57. The van der Waals surface area contributed by atoms with Crippen LogP contribution in [0.4, 0.5) is 0 Å². The Morgan fingerprint density at radius 1 is 0.667 bits per heavy atom. The van der Waals surface area contributed by atoms with E-state index in [1.54, 1.807) is 0 Å². The van der Waals surface area contributed by atoms with E-state index in [1.807, 2.05) is 0 Å². The average molecular weight is 172 g/mol. The van der Waals surface area contributed by atoms with Crippen LogP contribution in [0.25, 0.3) is 0 Å². The van der Waals surface area contributed by atoms with Crippen molar-refractivity contribution in [3.8, 4) is 0 Å². The first-order valence-electron chi connectivity index (χ1n) is 4.57. The van der Waals surface area contributed by atoms with Crippen LogP contribution >= 0.6 is 0 Å². The summed E-state index contributed by atoms with van der Waals surface area (Å²) in [5, 5.41) is 0. The Balaban J connectivity index is 0.000000120. The SMILES string of the molecule is CC1(C)COC1.CC1(C)COC1. The van der Waals surface area contributed by atoms with Crippen molar-refractivity contribution >= 4 is 0 Å². The molecule has 2 aliphatic heterocycles. The molecule has 0 amide bonds. The van der Waals surface area contributed by atoms with Gasteiger partial charge in [0.15, 0.2) is 0 Å². The van der Waals surface area contributed by atoms with E-state index in [0.29, 0.717) is 10.8 Å². The summed E-state index contributed by atoms with van der Waals surface area (Å²) in [5.74, 6) is 0. The van der Waals surface area contributed by atoms with Crippen molar-refractivity contribution in [3.63, 3.8) is 0 Å². The van der Waals surface area contributed by atoms with Gasteiger partial charge in [-0.15, -0.1) is 0 Å². The van der Waals surface area contributed by atoms with E-state index >= 15 is 0 Å². The predicted octanol–water partition coefficient (Wildman–Crippen LogP) is 2.09. The topological polar surface area (TPSA) is 18.5 Å². The van der Waals surface area contributed by atoms with E-state index in [4.69, 9.17) is 9.47 Å². The van der Waals surface area contributed by atoms with E-state index in [-0.39, 0.29) is 0 Å². The van der Waals surface area contributed by atoms with Crippen LogP contribution in [0.5, 0.6) is 0 Å². The van der Waals surface area contributed by atoms with Crippen molar-refractivity contribution in [2.24, 2.45) is 10.8 Å². The van der Waals surface area contributed by atoms with Crippen molar-refractivity contribution in [1.82, 2.24) is 0 Å². The summed E-state index contributed by atoms with van der Waals surface area (Å²) in [6.45, 7) is 12.6. The minimum absolute atomic E-state index is 0.500. The zero-order valence-corrected chi connectivity index (χ0v) is 8.64. The highest BCUT2D eigenvalue weighted by atomic mass is 16.5. The van der Waals surface area contributed by atoms with Crippen molar-refractivity contribution in [3.05, 3.63) is 0 Å². The summed E-state index contributed by atoms with van der Waals surface area (Å²) >= 11 is 0. The largest absolute Gasteiger partial charge is 0.380 e. The van der Waals surface area contributed by atoms with E-state index in [9.17, 15) is 0 Å². The summed E-state index contributed by atoms with van der Waals surface area (Å²) in [6.07, 6.45) is 0. The van der Waals surface area contributed by atoms with Crippen LogP contribution < -0.4 is 0 Å². The third-order valence-electron chi connectivity index (χ3n) is 1.97. The van der Waals surface area contributed by atoms with Gasteiger partial charge < -0.3 is 9.47 Å². The Labute approximate surface area is 75.2 Å². The molecule has 72 valence electrons. The van der Waals surface area contributed by atoms with E-state index < -0.39 is 0 Å². The molecular weight excluding hydrogens is 152 g/mol. The van der Waals surface area contributed by atoms with Gasteiger partial charge in [0, 0.05) is 10.8 Å². The molecule has 0 aromatic carbocycles. The Bertz CT molecular complexity index is 120. The summed E-state index contributed by atoms with van der Waals surface area (Å²) in [7, 11) is 0. The van der Waals surface area contributed by atoms with Gasteiger partial charge >= 0.3 is 0 Å². The molecule has 0 saturated carbocycles. The van der Waals surface area contributed by atoms with Crippen molar-refractivity contribution in [1.29, 1.82) is 0 Å². The van der Waals surface area contributed by atoms with Gasteiger partial charge in [-0.2, -0.15) is 0 Å². The second-order valence-electron chi connectivity index (χ2n) is 5.31. The molecular formula is C10H20O2. The molecule has 0 aromatic heterocycles. The minimum atomic E-state index is 0.500. The quantitative estimate of drug-likeness (QED) is 0.557. The van der Waals surface area contributed by atoms with Crippen LogP contribution in [0.15, 0.2) is 0 Å². The smallest absolute Gasteiger partial charge is 0.0539 e. The lowest BCUT2D eigenvalue weighted by atomic mass is 9.92. The predicted molar refractivity (Wildman–Crippen MR) is 49.2 cm³/mol. The van der Waals surface area contributed by atoms with E-state index in [0.717, 1.165) is 26.4 Å². The zero-order chi connectivity index (χ0) is 9.24. The highest BCUT2D eigenvalue weighted by molar-refractivity contribution is 4.74. The molecule has 0 bridgehead atoms. The Morgan fingerprint density at radius 2 is 0.833 bits per heavy atom. The van der Waals surface area contributed by atoms with Gasteiger partial charge in [-0.3, -0.25) is 0 Å². The normalized spacial score (nSPS) is 29.0. The molecule has 2 nitrogen and oxygen atoms in total. The van der Waals surface area contributed by atoms with Crippen LogP contribution in [-0.2, 0) is 9.47 Å². The lowest BCUT2D eigenvalue weighted by molar-refractivity contribution is -0.0892. The fourth-order valence-electron chi connectivity index (χ4n) is 1.02. The van der Waals surface area contributed by atoms with Gasteiger partial charge in [0.1, 0.15) is 0 Å². The average Bonchev–Trinajstić information content (AvgIpc) is 1.83. The summed E-state index contributed by atoms with van der Waals surface area (Å²) in [4.78, 5) is 0. The van der Waals surface area contributed by atoms with Gasteiger partial charge in [0.05, 0.1) is 26.4 Å². The third-order valence-corrected chi connectivity index (χ3v) is 1.97. The first-order chi connectivity index (χ1) is 5.41. The molecule has 2 heteroatoms. The maximum atomic E-state index is 4.94. The molecule has 0 radical (unpaired) electrons. The van der Waals surface area contributed by atoms with Crippen molar-refractivity contribution in [2.75, 3.05) is 26.4 Å². The Morgan fingerprint density at radius 3 is 0.833 bits per heavy atom. The highest BCUT2D eigenvalue weighted by Gasteiger charge is 2.27. The fraction of sp³-hybridized carbons (Fsp3) is 1.00. The molecule has 2 heterocycles. The zero-order valence-electron chi connectivity index (χ0n) is 8.64. The maximum Gasteiger partial charge on any atom is 0.0539 e. The monoisotopic (exact) mass is 172 g/mol. The Kier molecular flexibility index (Phi) is 2.79. The molecule has 2 aliphatic rings. The van der Waals surface area contributed by atoms with Crippen LogP contribution in [0.3, 0.4) is 0 Å². The molecule has 0 aromatic rings. The minimum Gasteiger partial charge on any atom is -0.380 e. The maximum absolute atomic E-state index is 4.94. The molecule has 0 spiro atoms. The fourth-order valence-corrected chi connectivity index (χ4v) is 1.02. The number of rotatable bonds is 0. The second-order valence-corrected chi connectivity index (χ2v) is 5.31. The van der Waals surface area contributed by atoms with Gasteiger partial charge in [0.25, 0.3) is 0 Å². The molecule has 12 heavy (non-hydrogen) atoms. The lowest BCUT2D eigenvalue weighted by Crippen LogP contribution is -2.36. The number of hydrogen-bond donors (Lipinski definition) is 0. The summed E-state index contributed by atoms with van der Waals surface area (Å²) in [5.41, 5.74) is 1.00. The standard InChI is InChI=1S/2C5H10O/c2*1-5(2)3-6-4-5/h2*3-4H2,1-2H3. The molecule has 2 fully saturated rings. The first kappa shape index (κ1) is 10.0. The molecule has 0 unspecified atom stereocenters. The second kappa shape index (κ2) is 3.35. The van der Waals surface area contributed by atoms with Crippen LogP contribution in [0.2, 0.25) is 0 Å². The van der Waals surface area contributed by atoms with Crippen LogP contribution in [0.1, 0.15) is 27.7 Å². The van der Waals surface area contributed by atoms with Crippen molar-refractivity contribution in [2.45, 2.75) is 27.7 Å². The molecule has 0 aliphatic carbocycles. The Hall–Kier alpha value is -0.0800. The van der Waals surface area contributed by atoms with Gasteiger partial charge in [-0.1, -0.05) is 27.7 Å². The molecule has 0 atom stereocenters. The van der Waals surface area contributed by atoms with Gasteiger partial charge in [-0.25, -0.2) is 0 Å². The summed E-state index contributed by atoms with van der Waals surface area (Å²) < 4.78 is 9.88. The van der Waals surface area contributed by atoms with Crippen LogP contribution in [-0.4, -0.2) is 26.4 Å². The third kappa shape index (κ3) is 3.11. The molecule has 0 N–H and O–H groups in total. The van der Waals surface area contributed by atoms with E-state index in [2.05, 4.69) is 27.7 Å². The van der Waals surface area contributed by atoms with Gasteiger partial charge in [-0.05, 0) is 0 Å². The molecule has 2 rings (SSSR count). The molecule has 2 saturated heterocycles. The van der Waals surface area contributed by atoms with Gasteiger partial charge in [0.2, 0.25) is 0 Å². The number of hydrogen-bond acceptors (Lipinski definition) is 2. The highest BCUT2D eigenvalue weighted by Crippen LogP contribution is 2.24. The lowest BCUT2D eigenvalue weighted by Gasteiger charge is -2.33.